The molecule has 35 heavy (non-hydrogen) atoms. The number of thioether (sulfide) groups is 1. The van der Waals surface area contributed by atoms with Crippen LogP contribution in [0.15, 0.2) is 45.8 Å². The third-order valence-corrected chi connectivity index (χ3v) is 7.18. The van der Waals surface area contributed by atoms with E-state index in [1.807, 2.05) is 6.92 Å². The number of rotatable bonds is 8. The van der Waals surface area contributed by atoms with Gasteiger partial charge in [-0.1, -0.05) is 28.1 Å². The molecule has 0 N–H and O–H groups in total. The van der Waals surface area contributed by atoms with Gasteiger partial charge in [0.25, 0.3) is 11.1 Å². The van der Waals surface area contributed by atoms with Gasteiger partial charge in [-0.15, -0.1) is 0 Å². The van der Waals surface area contributed by atoms with Crippen LogP contribution in [0.3, 0.4) is 0 Å². The molecule has 2 aromatic carbocycles. The number of carbonyl (C=O) groups is 3. The van der Waals surface area contributed by atoms with E-state index in [4.69, 9.17) is 9.47 Å². The van der Waals surface area contributed by atoms with Gasteiger partial charge in [0, 0.05) is 17.6 Å². The van der Waals surface area contributed by atoms with E-state index in [1.165, 1.54) is 12.1 Å². The number of carbonyl (C=O) groups excluding carboxylic acids is 3. The molecular weight excluding hydrogens is 539 g/mol. The highest BCUT2D eigenvalue weighted by molar-refractivity contribution is 9.10. The van der Waals surface area contributed by atoms with E-state index in [0.29, 0.717) is 41.2 Å². The zero-order valence-electron chi connectivity index (χ0n) is 19.1. The summed E-state index contributed by atoms with van der Waals surface area (Å²) in [4.78, 5) is 40.7. The van der Waals surface area contributed by atoms with Crippen molar-refractivity contribution in [3.05, 3.63) is 62.7 Å². The second-order valence-corrected chi connectivity index (χ2v) is 9.87. The lowest BCUT2D eigenvalue weighted by Crippen LogP contribution is -2.40. The maximum Gasteiger partial charge on any atom is 0.294 e. The molecule has 0 unspecified atom stereocenters. The maximum atomic E-state index is 13.1. The lowest BCUT2D eigenvalue weighted by molar-refractivity contribution is -0.135. The summed E-state index contributed by atoms with van der Waals surface area (Å²) in [6.07, 6.45) is 3.47. The molecule has 2 fully saturated rings. The monoisotopic (exact) mass is 562 g/mol. The minimum absolute atomic E-state index is 0.214. The number of imide groups is 1. The molecule has 7 nitrogen and oxygen atoms in total. The predicted octanol–water partition coefficient (Wildman–Crippen LogP) is 5.22. The Kier molecular flexibility index (Phi) is 8.12. The Morgan fingerprint density at radius 3 is 2.49 bits per heavy atom. The first-order valence-corrected chi connectivity index (χ1v) is 12.8. The van der Waals surface area contributed by atoms with Crippen molar-refractivity contribution >= 4 is 50.8 Å². The van der Waals surface area contributed by atoms with E-state index in [2.05, 4.69) is 15.9 Å². The Balaban J connectivity index is 1.51. The smallest absolute Gasteiger partial charge is 0.294 e. The zero-order valence-corrected chi connectivity index (χ0v) is 21.5. The van der Waals surface area contributed by atoms with Crippen LogP contribution in [-0.4, -0.2) is 53.1 Å². The molecule has 4 rings (SSSR count). The Bertz CT molecular complexity index is 1170. The molecule has 2 saturated heterocycles. The van der Waals surface area contributed by atoms with E-state index in [9.17, 15) is 18.8 Å². The number of likely N-dealkylation sites (tertiary alicyclic amines) is 1. The summed E-state index contributed by atoms with van der Waals surface area (Å²) in [6.45, 7) is 3.53. The molecule has 0 spiro atoms. The molecule has 0 atom stereocenters. The second-order valence-electron chi connectivity index (χ2n) is 8.02. The van der Waals surface area contributed by atoms with Crippen LogP contribution >= 0.6 is 27.7 Å². The average Bonchev–Trinajstić information content (AvgIpc) is 3.46. The van der Waals surface area contributed by atoms with Crippen molar-refractivity contribution in [2.45, 2.75) is 26.4 Å². The van der Waals surface area contributed by atoms with E-state index < -0.39 is 11.1 Å². The molecule has 10 heteroatoms. The first kappa shape index (κ1) is 25.2. The predicted molar refractivity (Wildman–Crippen MR) is 135 cm³/mol. The fourth-order valence-electron chi connectivity index (χ4n) is 3.76. The average molecular weight is 563 g/mol. The fourth-order valence-corrected chi connectivity index (χ4v) is 5.03. The van der Waals surface area contributed by atoms with Crippen LogP contribution in [0, 0.1) is 5.82 Å². The van der Waals surface area contributed by atoms with Crippen LogP contribution in [0.1, 0.15) is 30.9 Å². The Morgan fingerprint density at radius 1 is 1.11 bits per heavy atom. The second kappa shape index (κ2) is 11.3. The van der Waals surface area contributed by atoms with Gasteiger partial charge < -0.3 is 14.4 Å². The third-order valence-electron chi connectivity index (χ3n) is 5.58. The number of benzene rings is 2. The standard InChI is InChI=1S/C25H24BrFN2O5S/c1-2-33-20-11-17(19(26)13-21(20)34-15-16-5-7-18(27)8-6-16)12-22-24(31)29(25(32)35-22)14-23(30)28-9-3-4-10-28/h5-8,11-13H,2-4,9-10,14-15H2,1H3/b22-12+. The van der Waals surface area contributed by atoms with E-state index in [0.717, 1.165) is 35.1 Å². The molecule has 0 bridgehead atoms. The minimum atomic E-state index is -0.492. The summed E-state index contributed by atoms with van der Waals surface area (Å²) in [5.41, 5.74) is 1.42. The molecule has 0 aromatic heterocycles. The third kappa shape index (κ3) is 6.05. The number of halogens is 2. The molecule has 0 radical (unpaired) electrons. The van der Waals surface area contributed by atoms with Gasteiger partial charge in [-0.25, -0.2) is 4.39 Å². The quantitative estimate of drug-likeness (QED) is 0.410. The summed E-state index contributed by atoms with van der Waals surface area (Å²) in [5.74, 6) is -0.0831. The van der Waals surface area contributed by atoms with Gasteiger partial charge >= 0.3 is 0 Å². The number of ether oxygens (including phenoxy) is 2. The van der Waals surface area contributed by atoms with Gasteiger partial charge in [0.05, 0.1) is 11.5 Å². The van der Waals surface area contributed by atoms with Crippen LogP contribution in [-0.2, 0) is 16.2 Å². The normalized spacial score (nSPS) is 16.9. The largest absolute Gasteiger partial charge is 0.490 e. The van der Waals surface area contributed by atoms with Gasteiger partial charge in [0.15, 0.2) is 11.5 Å². The lowest BCUT2D eigenvalue weighted by atomic mass is 10.1. The van der Waals surface area contributed by atoms with Crippen molar-refractivity contribution in [1.82, 2.24) is 9.80 Å². The van der Waals surface area contributed by atoms with E-state index in [-0.39, 0.29) is 29.8 Å². The summed E-state index contributed by atoms with van der Waals surface area (Å²) in [6, 6.07) is 9.46. The maximum absolute atomic E-state index is 13.1. The molecule has 0 aliphatic carbocycles. The van der Waals surface area contributed by atoms with Crippen molar-refractivity contribution in [1.29, 1.82) is 0 Å². The van der Waals surface area contributed by atoms with Crippen LogP contribution in [0.25, 0.3) is 6.08 Å². The summed E-state index contributed by atoms with van der Waals surface area (Å²) >= 11 is 4.31. The Hall–Kier alpha value is -2.85. The molecule has 2 aromatic rings. The van der Waals surface area contributed by atoms with Crippen molar-refractivity contribution in [3.63, 3.8) is 0 Å². The van der Waals surface area contributed by atoms with Crippen LogP contribution in [0.4, 0.5) is 9.18 Å². The molecule has 2 aliphatic rings. The zero-order chi connectivity index (χ0) is 24.9. The van der Waals surface area contributed by atoms with Crippen LogP contribution in [0.5, 0.6) is 11.5 Å². The number of nitrogens with zero attached hydrogens (tertiary/aromatic N) is 2. The Morgan fingerprint density at radius 2 is 1.80 bits per heavy atom. The number of hydrogen-bond acceptors (Lipinski definition) is 6. The van der Waals surface area contributed by atoms with Crippen molar-refractivity contribution in [2.24, 2.45) is 0 Å². The SMILES string of the molecule is CCOc1cc(/C=C2/SC(=O)N(CC(=O)N3CCCC3)C2=O)c(Br)cc1OCc1ccc(F)cc1. The van der Waals surface area contributed by atoms with Gasteiger partial charge in [0.1, 0.15) is 19.0 Å². The highest BCUT2D eigenvalue weighted by atomic mass is 79.9. The molecule has 0 saturated carbocycles. The van der Waals surface area contributed by atoms with Gasteiger partial charge in [-0.05, 0) is 73.0 Å². The summed E-state index contributed by atoms with van der Waals surface area (Å²) in [7, 11) is 0. The first-order chi connectivity index (χ1) is 16.9. The van der Waals surface area contributed by atoms with Gasteiger partial charge in [-0.2, -0.15) is 0 Å². The summed E-state index contributed by atoms with van der Waals surface area (Å²) < 4.78 is 25.4. The number of hydrogen-bond donors (Lipinski definition) is 0. The highest BCUT2D eigenvalue weighted by Crippen LogP contribution is 2.38. The molecule has 184 valence electrons. The van der Waals surface area contributed by atoms with E-state index >= 15 is 0 Å². The topological polar surface area (TPSA) is 76.2 Å². The lowest BCUT2D eigenvalue weighted by Gasteiger charge is -2.18. The van der Waals surface area contributed by atoms with Crippen LogP contribution in [0.2, 0.25) is 0 Å². The van der Waals surface area contributed by atoms with Crippen molar-refractivity contribution in [3.8, 4) is 11.5 Å². The van der Waals surface area contributed by atoms with Crippen LogP contribution < -0.4 is 9.47 Å². The molecule has 2 aliphatic heterocycles. The first-order valence-electron chi connectivity index (χ1n) is 11.2. The molecule has 2 heterocycles. The van der Waals surface area contributed by atoms with Gasteiger partial charge in [0.2, 0.25) is 5.91 Å². The van der Waals surface area contributed by atoms with Crippen molar-refractivity contribution < 1.29 is 28.2 Å². The highest BCUT2D eigenvalue weighted by Gasteiger charge is 2.37. The van der Waals surface area contributed by atoms with Gasteiger partial charge in [-0.3, -0.25) is 19.3 Å². The summed E-state index contributed by atoms with van der Waals surface area (Å²) in [5, 5.41) is -0.464. The Labute approximate surface area is 215 Å². The fraction of sp³-hybridized carbons (Fsp3) is 0.320. The van der Waals surface area contributed by atoms with Crippen molar-refractivity contribution in [2.75, 3.05) is 26.2 Å². The molecular formula is C25H24BrFN2O5S. The molecule has 3 amide bonds. The minimum Gasteiger partial charge on any atom is -0.490 e. The number of amides is 3. The van der Waals surface area contributed by atoms with E-state index in [1.54, 1.807) is 35.2 Å².